The molecule has 0 fully saturated rings. The Morgan fingerprint density at radius 3 is 3.00 bits per heavy atom. The lowest BCUT2D eigenvalue weighted by atomic mass is 10.2. The molecule has 1 rings (SSSR count). The Morgan fingerprint density at radius 2 is 2.36 bits per heavy atom. The van der Waals surface area contributed by atoms with Crippen LogP contribution in [0, 0.1) is 0 Å². The third-order valence-corrected chi connectivity index (χ3v) is 1.94. The molecule has 5 heteroatoms. The Labute approximate surface area is 83.3 Å². The van der Waals surface area contributed by atoms with Crippen molar-refractivity contribution in [2.24, 2.45) is 5.73 Å². The topological polar surface area (TPSA) is 73.8 Å². The van der Waals surface area contributed by atoms with Gasteiger partial charge in [0.1, 0.15) is 6.54 Å². The zero-order chi connectivity index (χ0) is 10.4. The maximum atomic E-state index is 10.6. The Morgan fingerprint density at radius 1 is 1.57 bits per heavy atom. The molecule has 1 aromatic rings. The molecule has 0 radical (unpaired) electrons. The van der Waals surface area contributed by atoms with Crippen molar-refractivity contribution in [2.75, 3.05) is 0 Å². The quantitative estimate of drug-likeness (QED) is 0.673. The number of carbonyl (C=O) groups is 1. The number of rotatable bonds is 6. The van der Waals surface area contributed by atoms with E-state index >= 15 is 0 Å². The van der Waals surface area contributed by atoms with Crippen LogP contribution in [-0.4, -0.2) is 20.9 Å². The van der Waals surface area contributed by atoms with E-state index in [1.54, 1.807) is 6.20 Å². The number of nitrogens with zero attached hydrogens (tertiary/aromatic N) is 3. The van der Waals surface area contributed by atoms with Gasteiger partial charge in [0.15, 0.2) is 0 Å². The maximum Gasteiger partial charge on any atom is 0.239 e. The number of hydrogen-bond donors (Lipinski definition) is 1. The van der Waals surface area contributed by atoms with Crippen LogP contribution in [0.2, 0.25) is 0 Å². The smallest absolute Gasteiger partial charge is 0.239 e. The number of aromatic nitrogens is 3. The van der Waals surface area contributed by atoms with Gasteiger partial charge in [-0.15, -0.1) is 5.10 Å². The molecule has 5 nitrogen and oxygen atoms in total. The van der Waals surface area contributed by atoms with E-state index in [1.807, 2.05) is 0 Å². The molecule has 1 aromatic heterocycles. The lowest BCUT2D eigenvalue weighted by molar-refractivity contribution is -0.118. The number of unbranched alkanes of at least 4 members (excludes halogenated alkanes) is 2. The fraction of sp³-hybridized carbons (Fsp3) is 0.667. The van der Waals surface area contributed by atoms with E-state index in [0.29, 0.717) is 0 Å². The number of carbonyl (C=O) groups excluding carboxylic acids is 1. The summed E-state index contributed by atoms with van der Waals surface area (Å²) in [6, 6.07) is 0. The predicted octanol–water partition coefficient (Wildman–Crippen LogP) is 0.496. The van der Waals surface area contributed by atoms with Gasteiger partial charge in [-0.2, -0.15) is 0 Å². The number of amides is 1. The first-order valence-electron chi connectivity index (χ1n) is 4.89. The summed E-state index contributed by atoms with van der Waals surface area (Å²) >= 11 is 0. The first kappa shape index (κ1) is 10.7. The highest BCUT2D eigenvalue weighted by Gasteiger charge is 2.02. The Bertz CT molecular complexity index is 295. The molecule has 1 amide bonds. The van der Waals surface area contributed by atoms with E-state index in [9.17, 15) is 4.79 Å². The second-order valence-corrected chi connectivity index (χ2v) is 3.33. The number of aryl methyl sites for hydroxylation is 1. The van der Waals surface area contributed by atoms with Crippen LogP contribution in [0.25, 0.3) is 0 Å². The minimum atomic E-state index is -0.394. The fourth-order valence-corrected chi connectivity index (χ4v) is 1.25. The molecular weight excluding hydrogens is 180 g/mol. The molecular formula is C9H16N4O. The van der Waals surface area contributed by atoms with Crippen LogP contribution in [0.5, 0.6) is 0 Å². The summed E-state index contributed by atoms with van der Waals surface area (Å²) in [5.41, 5.74) is 5.96. The molecule has 2 N–H and O–H groups in total. The molecule has 0 aliphatic heterocycles. The predicted molar refractivity (Wildman–Crippen MR) is 52.4 cm³/mol. The van der Waals surface area contributed by atoms with Crippen molar-refractivity contribution in [3.8, 4) is 0 Å². The summed E-state index contributed by atoms with van der Waals surface area (Å²) in [4.78, 5) is 10.6. The van der Waals surface area contributed by atoms with Crippen LogP contribution in [0.1, 0.15) is 31.9 Å². The normalized spacial score (nSPS) is 10.4. The molecule has 0 bridgehead atoms. The average molecular weight is 196 g/mol. The van der Waals surface area contributed by atoms with Crippen molar-refractivity contribution in [3.05, 3.63) is 11.9 Å². The second kappa shape index (κ2) is 5.36. The molecule has 0 spiro atoms. The van der Waals surface area contributed by atoms with Gasteiger partial charge >= 0.3 is 0 Å². The van der Waals surface area contributed by atoms with E-state index in [1.165, 1.54) is 17.5 Å². The standard InChI is InChI=1S/C9H16N4O/c1-2-3-4-5-8-6-13(12-11-8)7-9(10)14/h6H,2-5,7H2,1H3,(H2,10,14). The fourth-order valence-electron chi connectivity index (χ4n) is 1.25. The van der Waals surface area contributed by atoms with E-state index in [4.69, 9.17) is 5.73 Å². The minimum absolute atomic E-state index is 0.112. The highest BCUT2D eigenvalue weighted by atomic mass is 16.1. The van der Waals surface area contributed by atoms with Gasteiger partial charge in [0.2, 0.25) is 5.91 Å². The second-order valence-electron chi connectivity index (χ2n) is 3.33. The molecule has 0 saturated heterocycles. The zero-order valence-corrected chi connectivity index (χ0v) is 8.44. The van der Waals surface area contributed by atoms with Crippen molar-refractivity contribution in [3.63, 3.8) is 0 Å². The Hall–Kier alpha value is -1.39. The largest absolute Gasteiger partial charge is 0.368 e. The number of nitrogens with two attached hydrogens (primary N) is 1. The van der Waals surface area contributed by atoms with E-state index in [0.717, 1.165) is 18.5 Å². The molecule has 78 valence electrons. The van der Waals surface area contributed by atoms with E-state index in [-0.39, 0.29) is 6.54 Å². The summed E-state index contributed by atoms with van der Waals surface area (Å²) in [6.45, 7) is 2.27. The summed E-state index contributed by atoms with van der Waals surface area (Å²) in [5.74, 6) is -0.394. The first-order chi connectivity index (χ1) is 6.72. The average Bonchev–Trinajstić information content (AvgIpc) is 2.52. The van der Waals surface area contributed by atoms with Gasteiger partial charge in [-0.3, -0.25) is 4.79 Å². The van der Waals surface area contributed by atoms with Gasteiger partial charge < -0.3 is 5.73 Å². The van der Waals surface area contributed by atoms with E-state index < -0.39 is 5.91 Å². The van der Waals surface area contributed by atoms with E-state index in [2.05, 4.69) is 17.2 Å². The summed E-state index contributed by atoms with van der Waals surface area (Å²) < 4.78 is 1.48. The molecule has 0 aliphatic rings. The first-order valence-corrected chi connectivity index (χ1v) is 4.89. The van der Waals surface area contributed by atoms with Crippen molar-refractivity contribution in [1.29, 1.82) is 0 Å². The molecule has 14 heavy (non-hydrogen) atoms. The van der Waals surface area contributed by atoms with Crippen LogP contribution >= 0.6 is 0 Å². The van der Waals surface area contributed by atoms with Crippen molar-refractivity contribution < 1.29 is 4.79 Å². The number of hydrogen-bond acceptors (Lipinski definition) is 3. The summed E-state index contributed by atoms with van der Waals surface area (Å²) in [6.07, 6.45) is 6.21. The number of primary amides is 1. The molecule has 0 atom stereocenters. The van der Waals surface area contributed by atoms with Crippen LogP contribution in [0.15, 0.2) is 6.20 Å². The van der Waals surface area contributed by atoms with Gasteiger partial charge in [0.25, 0.3) is 0 Å². The third-order valence-electron chi connectivity index (χ3n) is 1.94. The lowest BCUT2D eigenvalue weighted by Gasteiger charge is -1.94. The molecule has 0 aromatic carbocycles. The van der Waals surface area contributed by atoms with Crippen molar-refractivity contribution in [1.82, 2.24) is 15.0 Å². The van der Waals surface area contributed by atoms with Gasteiger partial charge in [-0.1, -0.05) is 25.0 Å². The third kappa shape index (κ3) is 3.55. The maximum absolute atomic E-state index is 10.6. The van der Waals surface area contributed by atoms with Crippen LogP contribution in [0.4, 0.5) is 0 Å². The van der Waals surface area contributed by atoms with Crippen LogP contribution in [0.3, 0.4) is 0 Å². The highest BCUT2D eigenvalue weighted by molar-refractivity contribution is 5.73. The highest BCUT2D eigenvalue weighted by Crippen LogP contribution is 2.02. The van der Waals surface area contributed by atoms with Crippen LogP contribution < -0.4 is 5.73 Å². The van der Waals surface area contributed by atoms with Gasteiger partial charge in [0.05, 0.1) is 5.69 Å². The Kier molecular flexibility index (Phi) is 4.10. The van der Waals surface area contributed by atoms with Crippen molar-refractivity contribution in [2.45, 2.75) is 39.2 Å². The molecule has 1 heterocycles. The van der Waals surface area contributed by atoms with Gasteiger partial charge in [0, 0.05) is 6.20 Å². The molecule has 0 aliphatic carbocycles. The summed E-state index contributed by atoms with van der Waals surface area (Å²) in [7, 11) is 0. The van der Waals surface area contributed by atoms with Crippen LogP contribution in [-0.2, 0) is 17.8 Å². The summed E-state index contributed by atoms with van der Waals surface area (Å²) in [5, 5.41) is 7.75. The minimum Gasteiger partial charge on any atom is -0.368 e. The zero-order valence-electron chi connectivity index (χ0n) is 8.44. The Balaban J connectivity index is 2.38. The molecule has 0 saturated carbocycles. The van der Waals surface area contributed by atoms with Gasteiger partial charge in [-0.25, -0.2) is 4.68 Å². The van der Waals surface area contributed by atoms with Gasteiger partial charge in [-0.05, 0) is 12.8 Å². The van der Waals surface area contributed by atoms with Crippen molar-refractivity contribution >= 4 is 5.91 Å². The lowest BCUT2D eigenvalue weighted by Crippen LogP contribution is -2.18. The molecule has 0 unspecified atom stereocenters. The monoisotopic (exact) mass is 196 g/mol. The SMILES string of the molecule is CCCCCc1cn(CC(N)=O)nn1.